The molecule has 0 amide bonds. The van der Waals surface area contributed by atoms with Gasteiger partial charge in [-0.2, -0.15) is 0 Å². The summed E-state index contributed by atoms with van der Waals surface area (Å²) < 4.78 is 0. The first kappa shape index (κ1) is 9.35. The fourth-order valence-corrected chi connectivity index (χ4v) is 0.364. The van der Waals surface area contributed by atoms with Gasteiger partial charge in [0.25, 0.3) is 0 Å². The van der Waals surface area contributed by atoms with Gasteiger partial charge in [-0.3, -0.25) is 4.79 Å². The molecule has 0 aromatic rings. The molecule has 10 heavy (non-hydrogen) atoms. The molecule has 60 valence electrons. The molecule has 5 N–H and O–H groups in total. The van der Waals surface area contributed by atoms with Gasteiger partial charge in [-0.25, -0.2) is 0 Å². The van der Waals surface area contributed by atoms with Crippen LogP contribution in [0, 0.1) is 0 Å². The van der Waals surface area contributed by atoms with Gasteiger partial charge in [0.15, 0.2) is 0 Å². The number of aliphatic carboxylic acids is 1. The lowest BCUT2D eigenvalue weighted by Crippen LogP contribution is -2.53. The lowest BCUT2D eigenvalue weighted by atomic mass is 9.99. The molecule has 2 atom stereocenters. The Balaban J connectivity index is 4.17. The number of carboxylic acid groups (broad SMARTS) is 1. The van der Waals surface area contributed by atoms with E-state index in [0.29, 0.717) is 0 Å². The number of carbonyl (C=O) groups is 1. The van der Waals surface area contributed by atoms with E-state index in [0.717, 1.165) is 6.92 Å². The summed E-state index contributed by atoms with van der Waals surface area (Å²) in [5, 5.41) is 25.7. The Morgan fingerprint density at radius 2 is 2.20 bits per heavy atom. The van der Waals surface area contributed by atoms with E-state index < -0.39 is 24.2 Å². The Hall–Kier alpha value is -0.650. The van der Waals surface area contributed by atoms with Crippen LogP contribution >= 0.6 is 0 Å². The van der Waals surface area contributed by atoms with E-state index in [1.54, 1.807) is 0 Å². The van der Waals surface area contributed by atoms with Crippen LogP contribution in [0.5, 0.6) is 0 Å². The average molecular weight is 149 g/mol. The van der Waals surface area contributed by atoms with E-state index in [9.17, 15) is 4.79 Å². The monoisotopic (exact) mass is 149 g/mol. The second kappa shape index (κ2) is 2.96. The van der Waals surface area contributed by atoms with Gasteiger partial charge in [-0.15, -0.1) is 0 Å². The molecule has 0 fully saturated rings. The number of aliphatic hydroxyl groups is 2. The lowest BCUT2D eigenvalue weighted by molar-refractivity contribution is -0.146. The van der Waals surface area contributed by atoms with Gasteiger partial charge < -0.3 is 21.1 Å². The first-order valence-corrected chi connectivity index (χ1v) is 2.73. The van der Waals surface area contributed by atoms with Gasteiger partial charge >= 0.3 is 5.97 Å². The van der Waals surface area contributed by atoms with Crippen molar-refractivity contribution in [2.45, 2.75) is 18.6 Å². The van der Waals surface area contributed by atoms with Crippen molar-refractivity contribution in [1.82, 2.24) is 0 Å². The highest BCUT2D eigenvalue weighted by Crippen LogP contribution is 2.05. The fourth-order valence-electron chi connectivity index (χ4n) is 0.364. The highest BCUT2D eigenvalue weighted by atomic mass is 16.4. The lowest BCUT2D eigenvalue weighted by Gasteiger charge is -2.23. The number of hydrogen-bond acceptors (Lipinski definition) is 4. The predicted octanol–water partition coefficient (Wildman–Crippen LogP) is -1.86. The molecule has 0 bridgehead atoms. The third-order valence-corrected chi connectivity index (χ3v) is 1.26. The summed E-state index contributed by atoms with van der Waals surface area (Å²) in [5.41, 5.74) is 3.25. The molecule has 0 aliphatic carbocycles. The molecule has 0 aromatic carbocycles. The minimum absolute atomic E-state index is 0.666. The van der Waals surface area contributed by atoms with Gasteiger partial charge in [0.05, 0.1) is 6.61 Å². The fraction of sp³-hybridized carbons (Fsp3) is 0.800. The summed E-state index contributed by atoms with van der Waals surface area (Å²) in [5.74, 6) is -1.33. The Morgan fingerprint density at radius 3 is 2.30 bits per heavy atom. The summed E-state index contributed by atoms with van der Waals surface area (Å²) in [6, 6.07) is -1.45. The van der Waals surface area contributed by atoms with Gasteiger partial charge in [0.2, 0.25) is 0 Å². The largest absolute Gasteiger partial charge is 0.480 e. The van der Waals surface area contributed by atoms with E-state index in [-0.39, 0.29) is 0 Å². The zero-order valence-electron chi connectivity index (χ0n) is 5.61. The van der Waals surface area contributed by atoms with Gasteiger partial charge in [0, 0.05) is 0 Å². The number of carboxylic acids is 1. The minimum Gasteiger partial charge on any atom is -0.480 e. The van der Waals surface area contributed by atoms with E-state index in [2.05, 4.69) is 0 Å². The van der Waals surface area contributed by atoms with Crippen LogP contribution in [0.3, 0.4) is 0 Å². The van der Waals surface area contributed by atoms with Crippen LogP contribution in [0.2, 0.25) is 0 Å². The summed E-state index contributed by atoms with van der Waals surface area (Å²) in [6.45, 7) is 0.492. The molecule has 0 radical (unpaired) electrons. The smallest absolute Gasteiger partial charge is 0.323 e. The quantitative estimate of drug-likeness (QED) is 0.377. The predicted molar refractivity (Wildman–Crippen MR) is 33.3 cm³/mol. The molecule has 0 aromatic heterocycles. The standard InChI is InChI=1S/C5H11NO4/c1-5(10,2-7)3(6)4(8)9/h3,7,10H,2,6H2,1H3,(H,8,9)/t3-,5+/m0/s1. The van der Waals surface area contributed by atoms with Gasteiger partial charge in [-0.1, -0.05) is 0 Å². The molecule has 0 aliphatic heterocycles. The summed E-state index contributed by atoms with van der Waals surface area (Å²) in [4.78, 5) is 10.1. The molecular formula is C5H11NO4. The van der Waals surface area contributed by atoms with E-state index in [1.807, 2.05) is 0 Å². The second-order valence-electron chi connectivity index (χ2n) is 2.33. The molecule has 0 aliphatic rings. The highest BCUT2D eigenvalue weighted by molar-refractivity contribution is 5.74. The Labute approximate surface area is 58.1 Å². The third kappa shape index (κ3) is 1.94. The molecule has 0 unspecified atom stereocenters. The van der Waals surface area contributed by atoms with Crippen molar-refractivity contribution in [3.05, 3.63) is 0 Å². The van der Waals surface area contributed by atoms with E-state index >= 15 is 0 Å². The number of nitrogens with two attached hydrogens (primary N) is 1. The third-order valence-electron chi connectivity index (χ3n) is 1.26. The van der Waals surface area contributed by atoms with Crippen molar-refractivity contribution in [2.75, 3.05) is 6.61 Å². The number of aliphatic hydroxyl groups excluding tert-OH is 1. The van der Waals surface area contributed by atoms with Crippen LogP contribution < -0.4 is 5.73 Å². The topological polar surface area (TPSA) is 104 Å². The van der Waals surface area contributed by atoms with Gasteiger partial charge in [-0.05, 0) is 6.92 Å². The minimum atomic E-state index is -1.74. The van der Waals surface area contributed by atoms with E-state index in [1.165, 1.54) is 0 Å². The van der Waals surface area contributed by atoms with Crippen LogP contribution in [0.25, 0.3) is 0 Å². The summed E-state index contributed by atoms with van der Waals surface area (Å²) in [7, 11) is 0. The van der Waals surface area contributed by atoms with Crippen LogP contribution in [0.1, 0.15) is 6.92 Å². The van der Waals surface area contributed by atoms with Crippen LogP contribution in [0.4, 0.5) is 0 Å². The van der Waals surface area contributed by atoms with Gasteiger partial charge in [0.1, 0.15) is 11.6 Å². The average Bonchev–Trinajstić information content (AvgIpc) is 1.86. The Bertz CT molecular complexity index is 134. The molecule has 0 spiro atoms. The Morgan fingerprint density at radius 1 is 1.80 bits per heavy atom. The molecule has 0 heterocycles. The van der Waals surface area contributed by atoms with Crippen LogP contribution in [-0.4, -0.2) is 39.5 Å². The summed E-state index contributed by atoms with van der Waals surface area (Å²) >= 11 is 0. The van der Waals surface area contributed by atoms with Crippen molar-refractivity contribution < 1.29 is 20.1 Å². The summed E-state index contributed by atoms with van der Waals surface area (Å²) in [6.07, 6.45) is 0. The molecule has 0 saturated heterocycles. The molecule has 5 nitrogen and oxygen atoms in total. The zero-order valence-corrected chi connectivity index (χ0v) is 5.61. The second-order valence-corrected chi connectivity index (χ2v) is 2.33. The maximum absolute atomic E-state index is 10.1. The Kier molecular flexibility index (Phi) is 2.77. The zero-order chi connectivity index (χ0) is 8.36. The molecular weight excluding hydrogens is 138 g/mol. The maximum atomic E-state index is 10.1. The molecule has 0 rings (SSSR count). The van der Waals surface area contributed by atoms with Crippen LogP contribution in [-0.2, 0) is 4.79 Å². The van der Waals surface area contributed by atoms with E-state index in [4.69, 9.17) is 21.1 Å². The number of hydrogen-bond donors (Lipinski definition) is 4. The van der Waals surface area contributed by atoms with Crippen molar-refractivity contribution in [1.29, 1.82) is 0 Å². The normalized spacial score (nSPS) is 19.6. The van der Waals surface area contributed by atoms with Crippen molar-refractivity contribution in [2.24, 2.45) is 5.73 Å². The van der Waals surface area contributed by atoms with Crippen molar-refractivity contribution in [3.63, 3.8) is 0 Å². The van der Waals surface area contributed by atoms with Crippen molar-refractivity contribution in [3.8, 4) is 0 Å². The maximum Gasteiger partial charge on any atom is 0.323 e. The molecule has 0 saturated carbocycles. The SMILES string of the molecule is C[C@@](O)(CO)[C@@H](N)C(=O)O. The number of rotatable bonds is 3. The van der Waals surface area contributed by atoms with Crippen molar-refractivity contribution >= 4 is 5.97 Å². The van der Waals surface area contributed by atoms with Crippen LogP contribution in [0.15, 0.2) is 0 Å². The first-order chi connectivity index (χ1) is 4.41. The molecule has 5 heteroatoms. The highest BCUT2D eigenvalue weighted by Gasteiger charge is 2.33. The first-order valence-electron chi connectivity index (χ1n) is 2.73.